The van der Waals surface area contributed by atoms with E-state index in [9.17, 15) is 4.79 Å². The number of aromatic nitrogens is 3. The molecule has 0 unspecified atom stereocenters. The van der Waals surface area contributed by atoms with Crippen molar-refractivity contribution < 1.29 is 0 Å². The summed E-state index contributed by atoms with van der Waals surface area (Å²) in [6.45, 7) is 7.75. The van der Waals surface area contributed by atoms with Crippen molar-refractivity contribution in [3.05, 3.63) is 16.7 Å². The Bertz CT molecular complexity index is 356. The van der Waals surface area contributed by atoms with Crippen LogP contribution in [-0.2, 0) is 0 Å². The first-order valence-corrected chi connectivity index (χ1v) is 4.73. The summed E-state index contributed by atoms with van der Waals surface area (Å²) in [6, 6.07) is 0.293. The van der Waals surface area contributed by atoms with Crippen LogP contribution in [0.25, 0.3) is 0 Å². The summed E-state index contributed by atoms with van der Waals surface area (Å²) < 4.78 is 1.35. The van der Waals surface area contributed by atoms with E-state index in [0.29, 0.717) is 5.82 Å². The van der Waals surface area contributed by atoms with Crippen molar-refractivity contribution in [1.82, 2.24) is 14.8 Å². The Hall–Kier alpha value is -1.39. The molecule has 0 aliphatic carbocycles. The number of nitrogens with one attached hydrogen (secondary N) is 1. The Morgan fingerprint density at radius 3 is 2.43 bits per heavy atom. The fourth-order valence-electron chi connectivity index (χ4n) is 1.07. The molecule has 0 atom stereocenters. The molecule has 0 amide bonds. The van der Waals surface area contributed by atoms with E-state index in [4.69, 9.17) is 0 Å². The molecule has 0 aromatic carbocycles. The van der Waals surface area contributed by atoms with E-state index < -0.39 is 0 Å². The zero-order valence-corrected chi connectivity index (χ0v) is 8.98. The Morgan fingerprint density at radius 1 is 1.36 bits per heavy atom. The van der Waals surface area contributed by atoms with Crippen LogP contribution in [0.1, 0.15) is 33.7 Å². The number of nitrogens with zero attached hydrogens (tertiary/aromatic N) is 3. The summed E-state index contributed by atoms with van der Waals surface area (Å²) in [5, 5.41) is 7.03. The van der Waals surface area contributed by atoms with Crippen molar-refractivity contribution in [2.24, 2.45) is 0 Å². The molecule has 5 heteroatoms. The number of hydrogen-bond donors (Lipinski definition) is 1. The minimum Gasteiger partial charge on any atom is -0.366 e. The molecule has 5 nitrogen and oxygen atoms in total. The molecule has 0 spiro atoms. The molecule has 1 aromatic rings. The van der Waals surface area contributed by atoms with E-state index in [-0.39, 0.29) is 17.8 Å². The molecular weight excluding hydrogens is 180 g/mol. The van der Waals surface area contributed by atoms with E-state index in [1.165, 1.54) is 4.68 Å². The van der Waals surface area contributed by atoms with Crippen LogP contribution in [0.4, 0.5) is 5.82 Å². The topological polar surface area (TPSA) is 59.8 Å². The quantitative estimate of drug-likeness (QED) is 0.784. The van der Waals surface area contributed by atoms with Gasteiger partial charge in [-0.05, 0) is 27.7 Å². The standard InChI is InChI=1S/C9H16N4O/c1-6(2)11-8-5-10-13(7(3)4)9(14)12-8/h5-7H,1-4H3,(H,11,12,14). The van der Waals surface area contributed by atoms with Crippen LogP contribution in [0.2, 0.25) is 0 Å². The van der Waals surface area contributed by atoms with Crippen LogP contribution in [0.15, 0.2) is 11.0 Å². The zero-order chi connectivity index (χ0) is 10.7. The molecule has 0 aliphatic rings. The predicted molar refractivity (Wildman–Crippen MR) is 55.4 cm³/mol. The molecule has 78 valence electrons. The second kappa shape index (κ2) is 4.21. The molecular formula is C9H16N4O. The first-order chi connectivity index (χ1) is 6.50. The lowest BCUT2D eigenvalue weighted by Crippen LogP contribution is -2.28. The van der Waals surface area contributed by atoms with Gasteiger partial charge in [0.2, 0.25) is 0 Å². The van der Waals surface area contributed by atoms with Gasteiger partial charge in [-0.25, -0.2) is 9.48 Å². The van der Waals surface area contributed by atoms with Crippen LogP contribution in [0, 0.1) is 0 Å². The summed E-state index contributed by atoms with van der Waals surface area (Å²) in [4.78, 5) is 15.3. The molecule has 1 N–H and O–H groups in total. The molecule has 0 radical (unpaired) electrons. The Morgan fingerprint density at radius 2 is 2.00 bits per heavy atom. The van der Waals surface area contributed by atoms with E-state index >= 15 is 0 Å². The van der Waals surface area contributed by atoms with E-state index in [1.54, 1.807) is 6.20 Å². The highest BCUT2D eigenvalue weighted by atomic mass is 16.1. The van der Waals surface area contributed by atoms with Gasteiger partial charge in [-0.1, -0.05) is 0 Å². The largest absolute Gasteiger partial charge is 0.366 e. The average Bonchev–Trinajstić information content (AvgIpc) is 2.01. The summed E-state index contributed by atoms with van der Waals surface area (Å²) in [6.07, 6.45) is 1.57. The lowest BCUT2D eigenvalue weighted by Gasteiger charge is -2.10. The Labute approximate surface area is 83.2 Å². The second-order valence-electron chi connectivity index (χ2n) is 3.76. The fraction of sp³-hybridized carbons (Fsp3) is 0.667. The molecule has 0 aliphatic heterocycles. The van der Waals surface area contributed by atoms with Crippen LogP contribution >= 0.6 is 0 Å². The molecule has 14 heavy (non-hydrogen) atoms. The zero-order valence-electron chi connectivity index (χ0n) is 8.98. The van der Waals surface area contributed by atoms with Gasteiger partial charge >= 0.3 is 5.69 Å². The van der Waals surface area contributed by atoms with Gasteiger partial charge < -0.3 is 5.32 Å². The van der Waals surface area contributed by atoms with Gasteiger partial charge in [-0.15, -0.1) is 0 Å². The van der Waals surface area contributed by atoms with Gasteiger partial charge in [0.25, 0.3) is 0 Å². The summed E-state index contributed by atoms with van der Waals surface area (Å²) in [5.74, 6) is 0.530. The van der Waals surface area contributed by atoms with Gasteiger partial charge in [-0.2, -0.15) is 10.1 Å². The Kier molecular flexibility index (Phi) is 3.22. The van der Waals surface area contributed by atoms with Crippen molar-refractivity contribution in [3.8, 4) is 0 Å². The van der Waals surface area contributed by atoms with Gasteiger partial charge in [-0.3, -0.25) is 0 Å². The number of rotatable bonds is 3. The van der Waals surface area contributed by atoms with Gasteiger partial charge in [0.05, 0.1) is 12.2 Å². The third kappa shape index (κ3) is 2.55. The second-order valence-corrected chi connectivity index (χ2v) is 3.76. The molecule has 0 fully saturated rings. The predicted octanol–water partition coefficient (Wildman–Crippen LogP) is 1.04. The van der Waals surface area contributed by atoms with Crippen molar-refractivity contribution >= 4 is 5.82 Å². The maximum atomic E-state index is 11.4. The first-order valence-electron chi connectivity index (χ1n) is 4.73. The van der Waals surface area contributed by atoms with Crippen molar-refractivity contribution in [1.29, 1.82) is 0 Å². The van der Waals surface area contributed by atoms with Gasteiger partial charge in [0, 0.05) is 6.04 Å². The van der Waals surface area contributed by atoms with Gasteiger partial charge in [0.1, 0.15) is 0 Å². The molecule has 0 saturated heterocycles. The lowest BCUT2D eigenvalue weighted by atomic mass is 10.4. The highest BCUT2D eigenvalue weighted by Crippen LogP contribution is 2.00. The minimum absolute atomic E-state index is 0.0445. The van der Waals surface area contributed by atoms with E-state index in [1.807, 2.05) is 27.7 Å². The molecule has 1 aromatic heterocycles. The maximum absolute atomic E-state index is 11.4. The number of hydrogen-bond acceptors (Lipinski definition) is 4. The normalized spacial score (nSPS) is 11.0. The molecule has 1 rings (SSSR count). The third-order valence-corrected chi connectivity index (χ3v) is 1.64. The maximum Gasteiger partial charge on any atom is 0.366 e. The monoisotopic (exact) mass is 196 g/mol. The highest BCUT2D eigenvalue weighted by molar-refractivity contribution is 5.29. The highest BCUT2D eigenvalue weighted by Gasteiger charge is 2.04. The number of anilines is 1. The minimum atomic E-state index is -0.314. The summed E-state index contributed by atoms with van der Waals surface area (Å²) >= 11 is 0. The Balaban J connectivity index is 2.95. The van der Waals surface area contributed by atoms with E-state index in [2.05, 4.69) is 15.4 Å². The first kappa shape index (κ1) is 10.7. The average molecular weight is 196 g/mol. The van der Waals surface area contributed by atoms with Crippen molar-refractivity contribution in [2.45, 2.75) is 39.8 Å². The third-order valence-electron chi connectivity index (χ3n) is 1.64. The lowest BCUT2D eigenvalue weighted by molar-refractivity contribution is 0.489. The van der Waals surface area contributed by atoms with Crippen LogP contribution in [-0.4, -0.2) is 20.8 Å². The van der Waals surface area contributed by atoms with Crippen LogP contribution in [0.3, 0.4) is 0 Å². The van der Waals surface area contributed by atoms with Crippen molar-refractivity contribution in [3.63, 3.8) is 0 Å². The van der Waals surface area contributed by atoms with Crippen LogP contribution in [0.5, 0.6) is 0 Å². The molecule has 0 saturated carbocycles. The fourth-order valence-corrected chi connectivity index (χ4v) is 1.07. The van der Waals surface area contributed by atoms with Crippen molar-refractivity contribution in [2.75, 3.05) is 5.32 Å². The smallest absolute Gasteiger partial charge is 0.366 e. The van der Waals surface area contributed by atoms with E-state index in [0.717, 1.165) is 0 Å². The SMILES string of the molecule is CC(C)Nc1cnn(C(C)C)c(=O)n1. The van der Waals surface area contributed by atoms with Crippen LogP contribution < -0.4 is 11.0 Å². The van der Waals surface area contributed by atoms with Gasteiger partial charge in [0.15, 0.2) is 5.82 Å². The molecule has 1 heterocycles. The molecule has 0 bridgehead atoms. The summed E-state index contributed by atoms with van der Waals surface area (Å²) in [5.41, 5.74) is -0.314. The summed E-state index contributed by atoms with van der Waals surface area (Å²) in [7, 11) is 0.